The van der Waals surface area contributed by atoms with Gasteiger partial charge in [0, 0.05) is 18.4 Å². The molecule has 0 saturated heterocycles. The van der Waals surface area contributed by atoms with Gasteiger partial charge < -0.3 is 14.8 Å². The van der Waals surface area contributed by atoms with Gasteiger partial charge in [0.25, 0.3) is 0 Å². The molecule has 0 rings (SSSR count). The van der Waals surface area contributed by atoms with Gasteiger partial charge in [0.15, 0.2) is 0 Å². The number of carboxylic acids is 1. The fourth-order valence-corrected chi connectivity index (χ4v) is 7.50. The van der Waals surface area contributed by atoms with Crippen LogP contribution in [0.5, 0.6) is 0 Å². The average molecular weight is 702 g/mol. The van der Waals surface area contributed by atoms with Crippen LogP contribution >= 0.6 is 0 Å². The molecule has 0 aromatic heterocycles. The van der Waals surface area contributed by atoms with Crippen LogP contribution in [-0.2, 0) is 4.79 Å². The van der Waals surface area contributed by atoms with Crippen molar-refractivity contribution in [1.29, 1.82) is 0 Å². The molecule has 0 aliphatic heterocycles. The Morgan fingerprint density at radius 3 is 0.833 bits per heavy atom. The minimum Gasteiger partial charge on any atom is -0.550 e. The molecule has 0 aromatic carbocycles. The first-order valence-corrected chi connectivity index (χ1v) is 22.1. The summed E-state index contributed by atoms with van der Waals surface area (Å²) in [6, 6.07) is 0.159. The van der Waals surface area contributed by atoms with Gasteiger partial charge in [-0.3, -0.25) is 0 Å². The topological polar surface area (TPSA) is 43.4 Å². The minimum atomic E-state index is -0.877. The molecular weight excluding hydrogens is 614 g/mol. The zero-order valence-corrected chi connectivity index (χ0v) is 37.0. The molecule has 0 radical (unpaired) electrons. The Morgan fingerprint density at radius 1 is 0.396 bits per heavy atom. The summed E-state index contributed by atoms with van der Waals surface area (Å²) in [5.41, 5.74) is 0. The Bertz CT molecular complexity index is 562. The van der Waals surface area contributed by atoms with Crippen LogP contribution in [0.25, 0.3) is 0 Å². The molecule has 0 fully saturated rings. The fourth-order valence-electron chi connectivity index (χ4n) is 7.50. The van der Waals surface area contributed by atoms with E-state index in [0.717, 1.165) is 25.9 Å². The molecule has 0 aliphatic rings. The quantitative estimate of drug-likeness (QED) is 0.0471. The van der Waals surface area contributed by atoms with E-state index in [4.69, 9.17) is 0 Å². The molecule has 0 spiro atoms. The molecule has 0 saturated carbocycles. The molecule has 282 valence electrons. The van der Waals surface area contributed by atoms with Crippen molar-refractivity contribution in [2.24, 2.45) is 0 Å². The molecule has 3 nitrogen and oxygen atoms in total. The predicted molar refractivity (Wildman–Crippen MR) is 208 cm³/mol. The van der Waals surface area contributed by atoms with Gasteiger partial charge in [0.2, 0.25) is 0 Å². The summed E-state index contributed by atoms with van der Waals surface area (Å²) in [5.74, 6) is -0.877. The molecule has 4 heteroatoms. The molecule has 1 atom stereocenters. The SMILES string of the molecule is CCCCCCCCCCCCCCCCCCCN(CCCCCCCCCCCCCCCCCCC)C(CCC)CC(=O)[O-].[K+]. The average Bonchev–Trinajstić information content (AvgIpc) is 3.06. The fraction of sp³-hybridized carbons (Fsp3) is 0.977. The van der Waals surface area contributed by atoms with Gasteiger partial charge in [-0.2, -0.15) is 0 Å². The van der Waals surface area contributed by atoms with Gasteiger partial charge >= 0.3 is 51.4 Å². The van der Waals surface area contributed by atoms with Crippen molar-refractivity contribution in [3.05, 3.63) is 0 Å². The molecule has 0 bridgehead atoms. The summed E-state index contributed by atoms with van der Waals surface area (Å²) in [4.78, 5) is 14.0. The number of carbonyl (C=O) groups is 1. The van der Waals surface area contributed by atoms with Crippen molar-refractivity contribution in [1.82, 2.24) is 4.90 Å². The van der Waals surface area contributed by atoms with Gasteiger partial charge in [-0.15, -0.1) is 0 Å². The molecule has 0 heterocycles. The van der Waals surface area contributed by atoms with E-state index in [-0.39, 0.29) is 63.8 Å². The molecule has 0 N–H and O–H groups in total. The second-order valence-electron chi connectivity index (χ2n) is 15.4. The summed E-state index contributed by atoms with van der Waals surface area (Å²) in [7, 11) is 0. The Kier molecular flexibility index (Phi) is 47.2. The van der Waals surface area contributed by atoms with Crippen LogP contribution in [0, 0.1) is 0 Å². The Labute approximate surface area is 346 Å². The van der Waals surface area contributed by atoms with E-state index in [2.05, 4.69) is 25.7 Å². The Morgan fingerprint density at radius 2 is 0.625 bits per heavy atom. The minimum absolute atomic E-state index is 0. The number of rotatable bonds is 41. The number of nitrogens with zero attached hydrogens (tertiary/aromatic N) is 1. The second kappa shape index (κ2) is 44.2. The van der Waals surface area contributed by atoms with Crippen LogP contribution in [0.3, 0.4) is 0 Å². The standard InChI is InChI=1S/C44H89NO2.K/c1-4-7-9-11-13-15-17-19-21-23-25-27-29-31-33-35-37-40-45(43(39-6-3)42-44(46)47)41-38-36-34-32-30-28-26-24-22-20-18-16-14-12-10-8-5-2;/h43H,4-42H2,1-3H3,(H,46,47);/q;+1/p-1. The van der Waals surface area contributed by atoms with Gasteiger partial charge in [-0.1, -0.05) is 233 Å². The maximum absolute atomic E-state index is 11.5. The molecule has 0 aromatic rings. The van der Waals surface area contributed by atoms with Gasteiger partial charge in [0.05, 0.1) is 0 Å². The van der Waals surface area contributed by atoms with Crippen molar-refractivity contribution >= 4 is 5.97 Å². The van der Waals surface area contributed by atoms with Crippen molar-refractivity contribution in [3.63, 3.8) is 0 Å². The third-order valence-electron chi connectivity index (χ3n) is 10.6. The smallest absolute Gasteiger partial charge is 0.550 e. The molecular formula is C44H88KNO2. The number of hydrogen-bond acceptors (Lipinski definition) is 3. The van der Waals surface area contributed by atoms with Crippen LogP contribution in [0.15, 0.2) is 0 Å². The predicted octanol–water partition coefficient (Wildman–Crippen LogP) is 10.9. The van der Waals surface area contributed by atoms with E-state index in [9.17, 15) is 9.90 Å². The Hall–Kier alpha value is 1.07. The summed E-state index contributed by atoms with van der Waals surface area (Å²) in [6.45, 7) is 8.91. The number of hydrogen-bond donors (Lipinski definition) is 0. The van der Waals surface area contributed by atoms with Crippen LogP contribution in [-0.4, -0.2) is 30.0 Å². The third kappa shape index (κ3) is 39.8. The van der Waals surface area contributed by atoms with Gasteiger partial charge in [0.1, 0.15) is 0 Å². The maximum Gasteiger partial charge on any atom is 1.00 e. The van der Waals surface area contributed by atoms with Crippen LogP contribution in [0.2, 0.25) is 0 Å². The second-order valence-corrected chi connectivity index (χ2v) is 15.4. The zero-order valence-electron chi connectivity index (χ0n) is 33.9. The van der Waals surface area contributed by atoms with Crippen molar-refractivity contribution in [2.45, 2.75) is 264 Å². The number of aliphatic carboxylic acids is 1. The van der Waals surface area contributed by atoms with Crippen molar-refractivity contribution in [3.8, 4) is 0 Å². The maximum atomic E-state index is 11.5. The van der Waals surface area contributed by atoms with E-state index in [1.807, 2.05) is 0 Å². The van der Waals surface area contributed by atoms with Crippen LogP contribution in [0.1, 0.15) is 258 Å². The number of carboxylic acid groups (broad SMARTS) is 1. The summed E-state index contributed by atoms with van der Waals surface area (Å²) in [6.07, 6.45) is 49.8. The first kappa shape index (κ1) is 51.2. The van der Waals surface area contributed by atoms with E-state index in [0.29, 0.717) is 0 Å². The van der Waals surface area contributed by atoms with Crippen molar-refractivity contribution < 1.29 is 61.3 Å². The largest absolute Gasteiger partial charge is 1.00 e. The summed E-state index contributed by atoms with van der Waals surface area (Å²) < 4.78 is 0. The first-order chi connectivity index (χ1) is 23.2. The molecule has 0 amide bonds. The number of unbranched alkanes of at least 4 members (excludes halogenated alkanes) is 32. The molecule has 48 heavy (non-hydrogen) atoms. The first-order valence-electron chi connectivity index (χ1n) is 22.1. The van der Waals surface area contributed by atoms with Gasteiger partial charge in [-0.05, 0) is 32.4 Å². The van der Waals surface area contributed by atoms with E-state index in [1.54, 1.807) is 0 Å². The van der Waals surface area contributed by atoms with E-state index in [1.165, 1.54) is 218 Å². The van der Waals surface area contributed by atoms with Crippen LogP contribution < -0.4 is 56.5 Å². The van der Waals surface area contributed by atoms with Gasteiger partial charge in [-0.25, -0.2) is 0 Å². The normalized spacial score (nSPS) is 12.1. The van der Waals surface area contributed by atoms with E-state index < -0.39 is 5.97 Å². The Balaban J connectivity index is 0. The summed E-state index contributed by atoms with van der Waals surface area (Å²) >= 11 is 0. The van der Waals surface area contributed by atoms with Crippen LogP contribution in [0.4, 0.5) is 0 Å². The summed E-state index contributed by atoms with van der Waals surface area (Å²) in [5, 5.41) is 11.5. The van der Waals surface area contributed by atoms with E-state index >= 15 is 0 Å². The third-order valence-corrected chi connectivity index (χ3v) is 10.6. The monoisotopic (exact) mass is 702 g/mol. The molecule has 1 unspecified atom stereocenters. The van der Waals surface area contributed by atoms with Crippen molar-refractivity contribution in [2.75, 3.05) is 13.1 Å². The molecule has 0 aliphatic carbocycles. The number of carbonyl (C=O) groups excluding carboxylic acids is 1. The zero-order chi connectivity index (χ0) is 34.3.